The Morgan fingerprint density at radius 1 is 0.750 bits per heavy atom. The lowest BCUT2D eigenvalue weighted by Gasteiger charge is -2.37. The first-order valence-electron chi connectivity index (χ1n) is 16.9. The van der Waals surface area contributed by atoms with Crippen molar-refractivity contribution < 1.29 is 19.5 Å². The van der Waals surface area contributed by atoms with Crippen molar-refractivity contribution in [1.29, 1.82) is 0 Å². The van der Waals surface area contributed by atoms with Crippen molar-refractivity contribution in [2.45, 2.75) is 49.5 Å². The maximum Gasteiger partial charge on any atom is 0.405 e. The Hall–Kier alpha value is -4.95. The first-order valence-corrected chi connectivity index (χ1v) is 16.9. The highest BCUT2D eigenvalue weighted by Crippen LogP contribution is 2.37. The average molecular weight is 647 g/mol. The summed E-state index contributed by atoms with van der Waals surface area (Å²) in [4.78, 5) is 40.2. The van der Waals surface area contributed by atoms with E-state index in [0.717, 1.165) is 62.0 Å². The van der Waals surface area contributed by atoms with Gasteiger partial charge in [0.15, 0.2) is 0 Å². The van der Waals surface area contributed by atoms with Gasteiger partial charge in [-0.3, -0.25) is 9.59 Å². The summed E-state index contributed by atoms with van der Waals surface area (Å²) >= 11 is 0. The Balaban J connectivity index is 1.23. The van der Waals surface area contributed by atoms with E-state index < -0.39 is 23.5 Å². The van der Waals surface area contributed by atoms with Gasteiger partial charge in [0.2, 0.25) is 11.8 Å². The smallest absolute Gasteiger partial charge is 0.405 e. The number of hydrogen-bond acceptors (Lipinski definition) is 4. The molecular weight excluding hydrogens is 600 g/mol. The SMILES string of the molecule is O=C(O)N[C@@H](Cc1ccccc1)C(=O)NCC(=O)NCC(CCCN1CCC(c2ccccc2)CC1)(c1ccccc1)c1ccccc1. The first-order chi connectivity index (χ1) is 23.4. The zero-order chi connectivity index (χ0) is 33.6. The van der Waals surface area contributed by atoms with Crippen LogP contribution in [0.2, 0.25) is 0 Å². The van der Waals surface area contributed by atoms with E-state index in [-0.39, 0.29) is 18.9 Å². The molecule has 4 aromatic rings. The van der Waals surface area contributed by atoms with Gasteiger partial charge in [-0.2, -0.15) is 0 Å². The molecular formula is C40H46N4O4. The highest BCUT2D eigenvalue weighted by atomic mass is 16.4. The molecule has 250 valence electrons. The van der Waals surface area contributed by atoms with Crippen molar-refractivity contribution in [3.8, 4) is 0 Å². The minimum absolute atomic E-state index is 0.176. The third kappa shape index (κ3) is 9.55. The summed E-state index contributed by atoms with van der Waals surface area (Å²) in [5.41, 5.74) is 4.01. The lowest BCUT2D eigenvalue weighted by molar-refractivity contribution is -0.127. The average Bonchev–Trinajstić information content (AvgIpc) is 3.13. The number of likely N-dealkylation sites (tertiary alicyclic amines) is 1. The lowest BCUT2D eigenvalue weighted by Crippen LogP contribution is -2.51. The number of amides is 3. The molecule has 48 heavy (non-hydrogen) atoms. The van der Waals surface area contributed by atoms with E-state index in [1.807, 2.05) is 66.7 Å². The van der Waals surface area contributed by atoms with Gasteiger partial charge in [0, 0.05) is 18.4 Å². The molecule has 1 aliphatic heterocycles. The van der Waals surface area contributed by atoms with Gasteiger partial charge < -0.3 is 26.0 Å². The number of carboxylic acid groups (broad SMARTS) is 1. The molecule has 8 heteroatoms. The van der Waals surface area contributed by atoms with E-state index in [0.29, 0.717) is 12.5 Å². The Morgan fingerprint density at radius 2 is 1.29 bits per heavy atom. The summed E-state index contributed by atoms with van der Waals surface area (Å²) < 4.78 is 0. The second-order valence-corrected chi connectivity index (χ2v) is 12.6. The third-order valence-corrected chi connectivity index (χ3v) is 9.50. The standard InChI is InChI=1S/C40H46N4O4/c45-37(29-41-38(46)36(43-39(47)48)28-31-14-5-1-6-15-31)42-30-40(34-18-9-3-10-19-34,35-20-11-4-12-21-35)24-13-25-44-26-22-33(23-27-44)32-16-7-2-8-17-32/h1-12,14-21,33,36,43H,13,22-30H2,(H,41,46)(H,42,45)(H,47,48)/t36-/m0/s1. The Bertz CT molecular complexity index is 1540. The van der Waals surface area contributed by atoms with Crippen molar-refractivity contribution in [2.24, 2.45) is 0 Å². The molecule has 5 rings (SSSR count). The Labute approximate surface area is 283 Å². The Morgan fingerprint density at radius 3 is 1.85 bits per heavy atom. The number of benzene rings is 4. The van der Waals surface area contributed by atoms with Gasteiger partial charge in [-0.15, -0.1) is 0 Å². The van der Waals surface area contributed by atoms with Crippen LogP contribution in [0.15, 0.2) is 121 Å². The van der Waals surface area contributed by atoms with Crippen LogP contribution >= 0.6 is 0 Å². The number of carbonyl (C=O) groups excluding carboxylic acids is 2. The van der Waals surface area contributed by atoms with Crippen LogP contribution in [0.3, 0.4) is 0 Å². The molecule has 0 saturated carbocycles. The second-order valence-electron chi connectivity index (χ2n) is 12.6. The quantitative estimate of drug-likeness (QED) is 0.132. The van der Waals surface area contributed by atoms with E-state index in [4.69, 9.17) is 0 Å². The number of carbonyl (C=O) groups is 3. The van der Waals surface area contributed by atoms with E-state index in [1.165, 1.54) is 5.56 Å². The molecule has 0 aliphatic carbocycles. The number of nitrogens with one attached hydrogen (secondary N) is 3. The van der Waals surface area contributed by atoms with Crippen molar-refractivity contribution in [3.63, 3.8) is 0 Å². The van der Waals surface area contributed by atoms with Gasteiger partial charge >= 0.3 is 6.09 Å². The maximum absolute atomic E-state index is 13.3. The van der Waals surface area contributed by atoms with Crippen LogP contribution in [-0.2, 0) is 21.4 Å². The molecule has 1 saturated heterocycles. The van der Waals surface area contributed by atoms with E-state index in [1.54, 1.807) is 0 Å². The summed E-state index contributed by atoms with van der Waals surface area (Å²) in [6, 6.07) is 39.6. The lowest BCUT2D eigenvalue weighted by atomic mass is 9.71. The normalized spacial score (nSPS) is 14.5. The van der Waals surface area contributed by atoms with Gasteiger partial charge in [0.25, 0.3) is 0 Å². The predicted molar refractivity (Wildman–Crippen MR) is 189 cm³/mol. The van der Waals surface area contributed by atoms with Gasteiger partial charge in [-0.05, 0) is 73.5 Å². The summed E-state index contributed by atoms with van der Waals surface area (Å²) in [5.74, 6) is -0.277. The molecule has 0 aromatic heterocycles. The van der Waals surface area contributed by atoms with Gasteiger partial charge in [-0.1, -0.05) is 121 Å². The highest BCUT2D eigenvalue weighted by molar-refractivity contribution is 5.89. The van der Waals surface area contributed by atoms with Crippen molar-refractivity contribution in [2.75, 3.05) is 32.7 Å². The third-order valence-electron chi connectivity index (χ3n) is 9.50. The molecule has 0 spiro atoms. The van der Waals surface area contributed by atoms with E-state index in [9.17, 15) is 19.5 Å². The van der Waals surface area contributed by atoms with Crippen LogP contribution in [0.4, 0.5) is 4.79 Å². The summed E-state index contributed by atoms with van der Waals surface area (Å²) in [7, 11) is 0. The summed E-state index contributed by atoms with van der Waals surface area (Å²) in [5, 5.41) is 17.4. The van der Waals surface area contributed by atoms with Gasteiger partial charge in [0.05, 0.1) is 6.54 Å². The molecule has 1 fully saturated rings. The van der Waals surface area contributed by atoms with Crippen LogP contribution in [0.5, 0.6) is 0 Å². The largest absolute Gasteiger partial charge is 0.465 e. The minimum atomic E-state index is -1.30. The van der Waals surface area contributed by atoms with Crippen molar-refractivity contribution in [1.82, 2.24) is 20.9 Å². The zero-order valence-corrected chi connectivity index (χ0v) is 27.4. The Kier molecular flexibility index (Phi) is 12.4. The van der Waals surface area contributed by atoms with Crippen LogP contribution in [0.1, 0.15) is 53.9 Å². The van der Waals surface area contributed by atoms with Gasteiger partial charge in [0.1, 0.15) is 6.04 Å². The number of piperidine rings is 1. The fourth-order valence-electron chi connectivity index (χ4n) is 6.89. The summed E-state index contributed by atoms with van der Waals surface area (Å²) in [6.45, 7) is 3.21. The molecule has 1 aliphatic rings. The molecule has 8 nitrogen and oxygen atoms in total. The fraction of sp³-hybridized carbons (Fsp3) is 0.325. The molecule has 4 N–H and O–H groups in total. The monoisotopic (exact) mass is 646 g/mol. The van der Waals surface area contributed by atoms with Crippen molar-refractivity contribution in [3.05, 3.63) is 144 Å². The molecule has 0 radical (unpaired) electrons. The zero-order valence-electron chi connectivity index (χ0n) is 27.4. The fourth-order valence-corrected chi connectivity index (χ4v) is 6.89. The van der Waals surface area contributed by atoms with Crippen LogP contribution in [-0.4, -0.2) is 66.7 Å². The molecule has 0 bridgehead atoms. The molecule has 1 heterocycles. The summed E-state index contributed by atoms with van der Waals surface area (Å²) in [6.07, 6.45) is 2.97. The number of hydrogen-bond donors (Lipinski definition) is 4. The van der Waals surface area contributed by atoms with Crippen molar-refractivity contribution >= 4 is 17.9 Å². The van der Waals surface area contributed by atoms with E-state index >= 15 is 0 Å². The molecule has 0 unspecified atom stereocenters. The molecule has 3 amide bonds. The second kappa shape index (κ2) is 17.3. The highest BCUT2D eigenvalue weighted by Gasteiger charge is 2.35. The first kappa shape index (κ1) is 34.4. The van der Waals surface area contributed by atoms with E-state index in [2.05, 4.69) is 75.4 Å². The van der Waals surface area contributed by atoms with Gasteiger partial charge in [-0.25, -0.2) is 4.79 Å². The number of rotatable bonds is 15. The van der Waals surface area contributed by atoms with Crippen LogP contribution in [0, 0.1) is 0 Å². The van der Waals surface area contributed by atoms with Crippen LogP contribution in [0.25, 0.3) is 0 Å². The minimum Gasteiger partial charge on any atom is -0.465 e. The number of nitrogens with zero attached hydrogens (tertiary/aromatic N) is 1. The van der Waals surface area contributed by atoms with Crippen LogP contribution < -0.4 is 16.0 Å². The predicted octanol–water partition coefficient (Wildman–Crippen LogP) is 5.74. The topological polar surface area (TPSA) is 111 Å². The maximum atomic E-state index is 13.3. The molecule has 4 aromatic carbocycles. The molecule has 1 atom stereocenters.